The second-order valence-electron chi connectivity index (χ2n) is 4.23. The van der Waals surface area contributed by atoms with Crippen LogP contribution in [0.25, 0.3) is 22.5 Å². The van der Waals surface area contributed by atoms with Crippen LogP contribution in [0.4, 0.5) is 10.2 Å². The molecule has 0 fully saturated rings. The van der Waals surface area contributed by atoms with Crippen LogP contribution in [0, 0.1) is 5.82 Å². The van der Waals surface area contributed by atoms with Gasteiger partial charge in [0.05, 0.1) is 10.6 Å². The summed E-state index contributed by atoms with van der Waals surface area (Å²) in [6.45, 7) is 0. The summed E-state index contributed by atoms with van der Waals surface area (Å²) in [5, 5.41) is 4.22. The molecule has 5 heteroatoms. The van der Waals surface area contributed by atoms with Crippen LogP contribution in [0.3, 0.4) is 0 Å². The van der Waals surface area contributed by atoms with E-state index in [1.165, 1.54) is 6.07 Å². The molecule has 3 nitrogen and oxygen atoms in total. The smallest absolute Gasteiger partial charge is 0.178 e. The zero-order valence-corrected chi connectivity index (χ0v) is 11.1. The predicted molar refractivity (Wildman–Crippen MR) is 76.8 cm³/mol. The standard InChI is InChI=1S/C15H10ClFN2O/c16-11-7-3-1-5-9(11)14-13(15(18)19-20-14)10-6-2-4-8-12(10)17/h1-8H,(H2,18,19). The maximum absolute atomic E-state index is 14.0. The molecule has 0 amide bonds. The van der Waals surface area contributed by atoms with Crippen molar-refractivity contribution in [3.05, 3.63) is 59.4 Å². The van der Waals surface area contributed by atoms with Crippen LogP contribution in [0.2, 0.25) is 5.02 Å². The Hall–Kier alpha value is -2.33. The molecule has 20 heavy (non-hydrogen) atoms. The maximum Gasteiger partial charge on any atom is 0.178 e. The van der Waals surface area contributed by atoms with Gasteiger partial charge in [-0.05, 0) is 18.2 Å². The van der Waals surface area contributed by atoms with Gasteiger partial charge >= 0.3 is 0 Å². The Balaban J connectivity index is 2.26. The summed E-state index contributed by atoms with van der Waals surface area (Å²) >= 11 is 6.14. The molecule has 1 heterocycles. The minimum Gasteiger partial charge on any atom is -0.380 e. The normalized spacial score (nSPS) is 10.7. The van der Waals surface area contributed by atoms with Gasteiger partial charge in [-0.1, -0.05) is 47.1 Å². The molecule has 0 unspecified atom stereocenters. The first-order chi connectivity index (χ1) is 9.68. The third kappa shape index (κ3) is 2.04. The summed E-state index contributed by atoms with van der Waals surface area (Å²) in [4.78, 5) is 0. The lowest BCUT2D eigenvalue weighted by Crippen LogP contribution is -1.91. The van der Waals surface area contributed by atoms with E-state index in [2.05, 4.69) is 5.16 Å². The molecular formula is C15H10ClFN2O. The van der Waals surface area contributed by atoms with Gasteiger partial charge in [-0.2, -0.15) is 0 Å². The average molecular weight is 289 g/mol. The van der Waals surface area contributed by atoms with E-state index < -0.39 is 5.82 Å². The van der Waals surface area contributed by atoms with Crippen molar-refractivity contribution in [3.8, 4) is 22.5 Å². The van der Waals surface area contributed by atoms with Crippen LogP contribution in [0.1, 0.15) is 0 Å². The van der Waals surface area contributed by atoms with Gasteiger partial charge in [0.15, 0.2) is 11.6 Å². The van der Waals surface area contributed by atoms with Gasteiger partial charge in [-0.15, -0.1) is 0 Å². The Morgan fingerprint density at radius 2 is 1.65 bits per heavy atom. The Labute approximate surface area is 119 Å². The zero-order valence-electron chi connectivity index (χ0n) is 10.3. The van der Waals surface area contributed by atoms with Crippen molar-refractivity contribution >= 4 is 17.4 Å². The predicted octanol–water partition coefficient (Wildman–Crippen LogP) is 4.38. The van der Waals surface area contributed by atoms with Gasteiger partial charge in [-0.25, -0.2) is 4.39 Å². The van der Waals surface area contributed by atoms with Gasteiger partial charge in [0.2, 0.25) is 0 Å². The van der Waals surface area contributed by atoms with E-state index in [-0.39, 0.29) is 5.82 Å². The average Bonchev–Trinajstić information content (AvgIpc) is 2.82. The fraction of sp³-hybridized carbons (Fsp3) is 0. The third-order valence-electron chi connectivity index (χ3n) is 2.98. The molecule has 2 aromatic carbocycles. The molecule has 0 aliphatic heterocycles. The first kappa shape index (κ1) is 12.7. The van der Waals surface area contributed by atoms with Crippen molar-refractivity contribution in [2.75, 3.05) is 5.73 Å². The Morgan fingerprint density at radius 1 is 1.00 bits per heavy atom. The Bertz CT molecular complexity index is 770. The minimum atomic E-state index is -0.393. The fourth-order valence-electron chi connectivity index (χ4n) is 2.06. The van der Waals surface area contributed by atoms with E-state index in [1.807, 2.05) is 6.07 Å². The highest BCUT2D eigenvalue weighted by Gasteiger charge is 2.21. The number of nitrogen functional groups attached to an aromatic ring is 1. The number of benzene rings is 2. The van der Waals surface area contributed by atoms with E-state index in [4.69, 9.17) is 21.9 Å². The first-order valence-corrected chi connectivity index (χ1v) is 6.31. The van der Waals surface area contributed by atoms with E-state index >= 15 is 0 Å². The van der Waals surface area contributed by atoms with Crippen molar-refractivity contribution in [1.82, 2.24) is 5.16 Å². The van der Waals surface area contributed by atoms with Gasteiger partial charge in [0, 0.05) is 11.1 Å². The molecule has 0 spiro atoms. The summed E-state index contributed by atoms with van der Waals surface area (Å²) in [7, 11) is 0. The van der Waals surface area contributed by atoms with Gasteiger partial charge in [0.25, 0.3) is 0 Å². The molecule has 0 saturated heterocycles. The Morgan fingerprint density at radius 3 is 2.35 bits per heavy atom. The molecule has 3 rings (SSSR count). The van der Waals surface area contributed by atoms with Crippen LogP contribution in [-0.2, 0) is 0 Å². The number of nitrogens with zero attached hydrogens (tertiary/aromatic N) is 1. The van der Waals surface area contributed by atoms with Crippen LogP contribution < -0.4 is 5.73 Å². The summed E-state index contributed by atoms with van der Waals surface area (Å²) in [6.07, 6.45) is 0. The second kappa shape index (κ2) is 4.98. The van der Waals surface area contributed by atoms with Crippen LogP contribution >= 0.6 is 11.6 Å². The molecule has 0 radical (unpaired) electrons. The molecule has 0 bridgehead atoms. The van der Waals surface area contributed by atoms with E-state index in [0.717, 1.165) is 0 Å². The molecule has 0 aliphatic rings. The molecule has 0 aliphatic carbocycles. The summed E-state index contributed by atoms with van der Waals surface area (Å²) in [5.41, 5.74) is 7.18. The summed E-state index contributed by atoms with van der Waals surface area (Å²) in [5.74, 6) is 0.0962. The van der Waals surface area contributed by atoms with Crippen molar-refractivity contribution < 1.29 is 8.91 Å². The molecular weight excluding hydrogens is 279 g/mol. The first-order valence-electron chi connectivity index (χ1n) is 5.93. The highest BCUT2D eigenvalue weighted by molar-refractivity contribution is 6.33. The number of anilines is 1. The molecule has 100 valence electrons. The van der Waals surface area contributed by atoms with E-state index in [9.17, 15) is 4.39 Å². The SMILES string of the molecule is Nc1noc(-c2ccccc2Cl)c1-c1ccccc1F. The number of hydrogen-bond donors (Lipinski definition) is 1. The number of aromatic nitrogens is 1. The molecule has 2 N–H and O–H groups in total. The van der Waals surface area contributed by atoms with Crippen molar-refractivity contribution in [3.63, 3.8) is 0 Å². The highest BCUT2D eigenvalue weighted by Crippen LogP contribution is 2.40. The third-order valence-corrected chi connectivity index (χ3v) is 3.31. The van der Waals surface area contributed by atoms with E-state index in [0.29, 0.717) is 27.5 Å². The fourth-order valence-corrected chi connectivity index (χ4v) is 2.28. The minimum absolute atomic E-state index is 0.130. The summed E-state index contributed by atoms with van der Waals surface area (Å²) < 4.78 is 19.2. The van der Waals surface area contributed by atoms with Gasteiger partial charge in [-0.3, -0.25) is 0 Å². The topological polar surface area (TPSA) is 52.0 Å². The number of rotatable bonds is 2. The van der Waals surface area contributed by atoms with Crippen molar-refractivity contribution in [2.45, 2.75) is 0 Å². The quantitative estimate of drug-likeness (QED) is 0.761. The largest absolute Gasteiger partial charge is 0.380 e. The van der Waals surface area contributed by atoms with E-state index in [1.54, 1.807) is 36.4 Å². The monoisotopic (exact) mass is 288 g/mol. The number of nitrogens with two attached hydrogens (primary N) is 1. The molecule has 0 atom stereocenters. The maximum atomic E-state index is 14.0. The zero-order chi connectivity index (χ0) is 14.1. The van der Waals surface area contributed by atoms with Crippen LogP contribution in [0.5, 0.6) is 0 Å². The molecule has 3 aromatic rings. The van der Waals surface area contributed by atoms with Crippen LogP contribution in [-0.4, -0.2) is 5.16 Å². The van der Waals surface area contributed by atoms with Crippen molar-refractivity contribution in [1.29, 1.82) is 0 Å². The van der Waals surface area contributed by atoms with Gasteiger partial charge < -0.3 is 10.3 Å². The van der Waals surface area contributed by atoms with Crippen molar-refractivity contribution in [2.24, 2.45) is 0 Å². The van der Waals surface area contributed by atoms with Gasteiger partial charge in [0.1, 0.15) is 5.82 Å². The summed E-state index contributed by atoms with van der Waals surface area (Å²) in [6, 6.07) is 13.4. The lowest BCUT2D eigenvalue weighted by Gasteiger charge is -2.05. The lowest BCUT2D eigenvalue weighted by atomic mass is 10.0. The number of halogens is 2. The molecule has 0 saturated carbocycles. The lowest BCUT2D eigenvalue weighted by molar-refractivity contribution is 0.436. The van der Waals surface area contributed by atoms with Crippen LogP contribution in [0.15, 0.2) is 53.1 Å². The Kier molecular flexibility index (Phi) is 3.16. The number of hydrogen-bond acceptors (Lipinski definition) is 3. The second-order valence-corrected chi connectivity index (χ2v) is 4.64. The molecule has 1 aromatic heterocycles. The highest BCUT2D eigenvalue weighted by atomic mass is 35.5.